The molecule has 5 rings (SSSR count). The summed E-state index contributed by atoms with van der Waals surface area (Å²) < 4.78 is 1.98. The molecular weight excluding hydrogens is 376 g/mol. The van der Waals surface area contributed by atoms with Crippen molar-refractivity contribution in [3.63, 3.8) is 0 Å². The van der Waals surface area contributed by atoms with Crippen LogP contribution in [0.2, 0.25) is 0 Å². The summed E-state index contributed by atoms with van der Waals surface area (Å²) in [6.07, 6.45) is 6.80. The van der Waals surface area contributed by atoms with E-state index in [0.29, 0.717) is 5.95 Å². The molecule has 1 fully saturated rings. The molecule has 3 aromatic rings. The molecule has 1 atom stereocenters. The monoisotopic (exact) mass is 402 g/mol. The molecule has 0 spiro atoms. The topological polar surface area (TPSA) is 67.2 Å². The summed E-state index contributed by atoms with van der Waals surface area (Å²) in [4.78, 5) is 33.1. The lowest BCUT2D eigenvalue weighted by Gasteiger charge is -2.25. The molecule has 0 saturated heterocycles. The van der Waals surface area contributed by atoms with Crippen molar-refractivity contribution < 1.29 is 9.59 Å². The molecule has 1 saturated carbocycles. The Hall–Kier alpha value is -3.15. The smallest absolute Gasteiger partial charge is 0.253 e. The summed E-state index contributed by atoms with van der Waals surface area (Å²) in [7, 11) is 0. The minimum absolute atomic E-state index is 0.00151. The zero-order valence-electron chi connectivity index (χ0n) is 17.0. The summed E-state index contributed by atoms with van der Waals surface area (Å²) in [6, 6.07) is 16.8. The number of nitrogens with one attached hydrogen (secondary N) is 1. The van der Waals surface area contributed by atoms with Gasteiger partial charge in [-0.05, 0) is 37.1 Å². The highest BCUT2D eigenvalue weighted by Gasteiger charge is 2.43. The number of fused-ring (bicyclic) bond motifs is 3. The van der Waals surface area contributed by atoms with Gasteiger partial charge in [0.15, 0.2) is 0 Å². The zero-order chi connectivity index (χ0) is 20.5. The Kier molecular flexibility index (Phi) is 4.99. The Morgan fingerprint density at radius 3 is 2.43 bits per heavy atom. The molecule has 2 heterocycles. The van der Waals surface area contributed by atoms with Crippen LogP contribution in [0.3, 0.4) is 0 Å². The van der Waals surface area contributed by atoms with Crippen LogP contribution < -0.4 is 10.2 Å². The largest absolute Gasteiger partial charge is 0.326 e. The molecule has 1 aliphatic carbocycles. The number of amides is 2. The van der Waals surface area contributed by atoms with Crippen LogP contribution in [-0.4, -0.2) is 27.4 Å². The molecule has 154 valence electrons. The Morgan fingerprint density at radius 2 is 1.67 bits per heavy atom. The molecule has 1 aliphatic heterocycles. The normalized spacial score (nSPS) is 19.7. The number of nitrogens with zero attached hydrogens (tertiary/aromatic N) is 3. The van der Waals surface area contributed by atoms with E-state index in [0.717, 1.165) is 42.4 Å². The first kappa shape index (κ1) is 18.9. The highest BCUT2D eigenvalue weighted by molar-refractivity contribution is 6.05. The van der Waals surface area contributed by atoms with E-state index in [9.17, 15) is 9.59 Å². The van der Waals surface area contributed by atoms with Crippen LogP contribution in [0.4, 0.5) is 11.6 Å². The van der Waals surface area contributed by atoms with Crippen molar-refractivity contribution in [3.8, 4) is 0 Å². The third-order valence-electron chi connectivity index (χ3n) is 6.25. The van der Waals surface area contributed by atoms with E-state index >= 15 is 0 Å². The second-order valence-corrected chi connectivity index (χ2v) is 8.26. The van der Waals surface area contributed by atoms with Crippen LogP contribution in [0, 0.1) is 0 Å². The molecule has 2 aromatic carbocycles. The minimum atomic E-state index is -0.556. The lowest BCUT2D eigenvalue weighted by molar-refractivity contribution is -0.125. The van der Waals surface area contributed by atoms with Crippen LogP contribution in [0.1, 0.15) is 51.0 Å². The maximum atomic E-state index is 13.6. The number of rotatable bonds is 4. The average molecular weight is 402 g/mol. The van der Waals surface area contributed by atoms with Crippen LogP contribution in [-0.2, 0) is 9.59 Å². The van der Waals surface area contributed by atoms with Crippen LogP contribution in [0.25, 0.3) is 11.0 Å². The summed E-state index contributed by atoms with van der Waals surface area (Å²) in [5.74, 6) is 0.537. The van der Waals surface area contributed by atoms with Gasteiger partial charge in [0, 0.05) is 11.7 Å². The van der Waals surface area contributed by atoms with Gasteiger partial charge >= 0.3 is 0 Å². The van der Waals surface area contributed by atoms with Crippen molar-refractivity contribution in [3.05, 3.63) is 54.6 Å². The lowest BCUT2D eigenvalue weighted by Crippen LogP contribution is -2.39. The predicted octanol–water partition coefficient (Wildman–Crippen LogP) is 4.68. The Labute approximate surface area is 175 Å². The fourth-order valence-corrected chi connectivity index (χ4v) is 4.83. The molecule has 1 aromatic heterocycles. The Bertz CT molecular complexity index is 1070. The third-order valence-corrected chi connectivity index (χ3v) is 6.25. The first-order valence-electron chi connectivity index (χ1n) is 10.9. The van der Waals surface area contributed by atoms with Gasteiger partial charge in [0.05, 0.1) is 17.5 Å². The summed E-state index contributed by atoms with van der Waals surface area (Å²) in [6.45, 7) is 0. The molecule has 0 unspecified atom stereocenters. The van der Waals surface area contributed by atoms with Gasteiger partial charge < -0.3 is 5.32 Å². The standard InChI is InChI=1S/C24H26N4O2/c29-22(25-17-10-4-3-5-11-17)16-21-23(30)27(18-12-6-1-2-7-13-18)24-26-19-14-8-9-15-20(19)28(21)24/h3-5,8-11,14-15,18,21H,1-2,6-7,12-13,16H2,(H,25,29)/t21-/m1/s1. The fraction of sp³-hybridized carbons (Fsp3) is 0.375. The van der Waals surface area contributed by atoms with Crippen molar-refractivity contribution in [1.29, 1.82) is 0 Å². The number of carbonyl (C=O) groups is 2. The highest BCUT2D eigenvalue weighted by Crippen LogP contribution is 2.39. The SMILES string of the molecule is O=C(C[C@@H]1C(=O)N(C2CCCCCC2)c2nc3ccccc3n21)Nc1ccccc1. The molecule has 2 aliphatic rings. The van der Waals surface area contributed by atoms with Gasteiger partial charge in [0.2, 0.25) is 11.9 Å². The van der Waals surface area contributed by atoms with Crippen molar-refractivity contribution in [2.45, 2.75) is 57.0 Å². The number of carbonyl (C=O) groups excluding carboxylic acids is 2. The van der Waals surface area contributed by atoms with Gasteiger partial charge in [-0.25, -0.2) is 4.98 Å². The quantitative estimate of drug-likeness (QED) is 0.645. The van der Waals surface area contributed by atoms with E-state index in [-0.39, 0.29) is 24.3 Å². The van der Waals surface area contributed by atoms with E-state index in [1.54, 1.807) is 0 Å². The molecule has 1 N–H and O–H groups in total. The molecule has 30 heavy (non-hydrogen) atoms. The number of hydrogen-bond donors (Lipinski definition) is 1. The van der Waals surface area contributed by atoms with E-state index in [1.165, 1.54) is 12.8 Å². The van der Waals surface area contributed by atoms with Gasteiger partial charge in [-0.15, -0.1) is 0 Å². The maximum Gasteiger partial charge on any atom is 0.253 e. The zero-order valence-corrected chi connectivity index (χ0v) is 17.0. The molecule has 0 radical (unpaired) electrons. The summed E-state index contributed by atoms with van der Waals surface area (Å²) in [5.41, 5.74) is 2.52. The molecule has 6 heteroatoms. The number of hydrogen-bond acceptors (Lipinski definition) is 3. The van der Waals surface area contributed by atoms with E-state index in [2.05, 4.69) is 5.32 Å². The highest BCUT2D eigenvalue weighted by atomic mass is 16.2. The molecular formula is C24H26N4O2. The second kappa shape index (κ2) is 7.94. The fourth-order valence-electron chi connectivity index (χ4n) is 4.83. The molecule has 2 amide bonds. The number of para-hydroxylation sites is 3. The van der Waals surface area contributed by atoms with Crippen LogP contribution >= 0.6 is 0 Å². The molecule has 0 bridgehead atoms. The average Bonchev–Trinajstić information content (AvgIpc) is 3.09. The Morgan fingerprint density at radius 1 is 0.967 bits per heavy atom. The summed E-state index contributed by atoms with van der Waals surface area (Å²) >= 11 is 0. The van der Waals surface area contributed by atoms with E-state index in [1.807, 2.05) is 64.1 Å². The first-order valence-corrected chi connectivity index (χ1v) is 10.9. The third kappa shape index (κ3) is 3.36. The van der Waals surface area contributed by atoms with Crippen molar-refractivity contribution in [1.82, 2.24) is 9.55 Å². The maximum absolute atomic E-state index is 13.6. The van der Waals surface area contributed by atoms with Gasteiger partial charge in [0.25, 0.3) is 5.91 Å². The minimum Gasteiger partial charge on any atom is -0.326 e. The van der Waals surface area contributed by atoms with Gasteiger partial charge in [0.1, 0.15) is 6.04 Å². The number of imidazole rings is 1. The summed E-state index contributed by atoms with van der Waals surface area (Å²) in [5, 5.41) is 2.92. The van der Waals surface area contributed by atoms with Crippen LogP contribution in [0.5, 0.6) is 0 Å². The first-order chi connectivity index (χ1) is 14.7. The van der Waals surface area contributed by atoms with Gasteiger partial charge in [-0.3, -0.25) is 19.1 Å². The number of aromatic nitrogens is 2. The molecule has 6 nitrogen and oxygen atoms in total. The predicted molar refractivity (Wildman–Crippen MR) is 117 cm³/mol. The van der Waals surface area contributed by atoms with Crippen LogP contribution in [0.15, 0.2) is 54.6 Å². The van der Waals surface area contributed by atoms with Crippen molar-refractivity contribution in [2.24, 2.45) is 0 Å². The van der Waals surface area contributed by atoms with Gasteiger partial charge in [-0.2, -0.15) is 0 Å². The number of benzene rings is 2. The van der Waals surface area contributed by atoms with Crippen molar-refractivity contribution in [2.75, 3.05) is 10.2 Å². The van der Waals surface area contributed by atoms with E-state index < -0.39 is 6.04 Å². The van der Waals surface area contributed by atoms with Gasteiger partial charge in [-0.1, -0.05) is 56.0 Å². The van der Waals surface area contributed by atoms with E-state index in [4.69, 9.17) is 4.98 Å². The van der Waals surface area contributed by atoms with Crippen molar-refractivity contribution >= 4 is 34.5 Å². The lowest BCUT2D eigenvalue weighted by atomic mass is 10.1. The Balaban J connectivity index is 1.48. The number of anilines is 2. The second-order valence-electron chi connectivity index (χ2n) is 8.26.